The second-order valence-corrected chi connectivity index (χ2v) is 6.72. The number of carbonyl (C=O) groups excluding carboxylic acids is 1. The average molecular weight is 346 g/mol. The zero-order valence-electron chi connectivity index (χ0n) is 13.3. The third-order valence-corrected chi connectivity index (χ3v) is 4.89. The van der Waals surface area contributed by atoms with Crippen molar-refractivity contribution in [2.45, 2.75) is 25.3 Å². The van der Waals surface area contributed by atoms with E-state index in [4.69, 9.17) is 0 Å². The number of carbonyl (C=O) groups is 1. The van der Waals surface area contributed by atoms with E-state index in [1.165, 1.54) is 18.9 Å². The first-order chi connectivity index (χ1) is 11.5. The molecule has 0 aliphatic heterocycles. The smallest absolute Gasteiger partial charge is 0.292 e. The Balaban J connectivity index is 1.55. The highest BCUT2D eigenvalue weighted by molar-refractivity contribution is 7.09. The highest BCUT2D eigenvalue weighted by Crippen LogP contribution is 2.41. The highest BCUT2D eigenvalue weighted by Gasteiger charge is 2.26. The van der Waals surface area contributed by atoms with Gasteiger partial charge in [0, 0.05) is 24.4 Å². The van der Waals surface area contributed by atoms with Gasteiger partial charge in [0.25, 0.3) is 5.69 Å². The Morgan fingerprint density at radius 2 is 2.21 bits per heavy atom. The Hall–Kier alpha value is -2.48. The predicted octanol–water partition coefficient (Wildman–Crippen LogP) is 2.68. The van der Waals surface area contributed by atoms with Crippen molar-refractivity contribution in [2.75, 3.05) is 18.5 Å². The fourth-order valence-electron chi connectivity index (χ4n) is 2.41. The first-order valence-electron chi connectivity index (χ1n) is 7.70. The maximum Gasteiger partial charge on any atom is 0.292 e. The van der Waals surface area contributed by atoms with Crippen LogP contribution in [-0.4, -0.2) is 29.4 Å². The molecule has 1 amide bonds. The molecular weight excluding hydrogens is 328 g/mol. The number of aromatic nitrogens is 1. The fourth-order valence-corrected chi connectivity index (χ4v) is 3.40. The number of rotatable bonds is 7. The molecule has 1 saturated carbocycles. The molecule has 8 heteroatoms. The Labute approximate surface area is 143 Å². The third-order valence-electron chi connectivity index (χ3n) is 3.83. The van der Waals surface area contributed by atoms with Crippen LogP contribution in [0.5, 0.6) is 0 Å². The van der Waals surface area contributed by atoms with Crippen LogP contribution in [0, 0.1) is 10.1 Å². The van der Waals surface area contributed by atoms with Crippen molar-refractivity contribution < 1.29 is 9.72 Å². The zero-order chi connectivity index (χ0) is 17.1. The lowest BCUT2D eigenvalue weighted by Gasteiger charge is -2.18. The van der Waals surface area contributed by atoms with Crippen LogP contribution in [0.1, 0.15) is 29.5 Å². The number of thiazole rings is 1. The average Bonchev–Trinajstić information content (AvgIpc) is 3.31. The molecule has 0 saturated heterocycles. The van der Waals surface area contributed by atoms with E-state index >= 15 is 0 Å². The molecule has 2 aromatic rings. The number of para-hydroxylation sites is 2. The lowest BCUT2D eigenvalue weighted by atomic mass is 10.2. The van der Waals surface area contributed by atoms with Gasteiger partial charge in [0.2, 0.25) is 5.91 Å². The van der Waals surface area contributed by atoms with E-state index in [0.717, 1.165) is 10.7 Å². The van der Waals surface area contributed by atoms with Gasteiger partial charge in [-0.15, -0.1) is 11.3 Å². The maximum absolute atomic E-state index is 12.1. The summed E-state index contributed by atoms with van der Waals surface area (Å²) in [4.78, 5) is 28.8. The summed E-state index contributed by atoms with van der Waals surface area (Å²) in [5.74, 6) is 0.417. The van der Waals surface area contributed by atoms with Gasteiger partial charge in [-0.3, -0.25) is 14.9 Å². The zero-order valence-corrected chi connectivity index (χ0v) is 14.1. The van der Waals surface area contributed by atoms with Crippen molar-refractivity contribution in [3.63, 3.8) is 0 Å². The number of hydrogen-bond acceptors (Lipinski definition) is 6. The lowest BCUT2D eigenvalue weighted by Crippen LogP contribution is -2.35. The molecule has 7 nitrogen and oxygen atoms in total. The van der Waals surface area contributed by atoms with Gasteiger partial charge in [0.05, 0.1) is 28.7 Å². The normalized spacial score (nSPS) is 13.5. The fraction of sp³-hybridized carbons (Fsp3) is 0.375. The molecule has 1 N–H and O–H groups in total. The molecule has 1 aliphatic rings. The number of nitro groups is 1. The van der Waals surface area contributed by atoms with Crippen LogP contribution in [0.25, 0.3) is 0 Å². The van der Waals surface area contributed by atoms with E-state index in [-0.39, 0.29) is 18.1 Å². The third kappa shape index (κ3) is 3.88. The van der Waals surface area contributed by atoms with Crippen LogP contribution in [0.3, 0.4) is 0 Å². The molecule has 0 bridgehead atoms. The Morgan fingerprint density at radius 1 is 1.46 bits per heavy atom. The summed E-state index contributed by atoms with van der Waals surface area (Å²) < 4.78 is 0. The predicted molar refractivity (Wildman–Crippen MR) is 92.3 cm³/mol. The van der Waals surface area contributed by atoms with Gasteiger partial charge in [0.15, 0.2) is 0 Å². The van der Waals surface area contributed by atoms with Crippen molar-refractivity contribution in [3.8, 4) is 0 Å². The van der Waals surface area contributed by atoms with Gasteiger partial charge < -0.3 is 10.2 Å². The molecule has 24 heavy (non-hydrogen) atoms. The standard InChI is InChI=1S/C16H18N4O3S/c1-19(13-4-2-3-5-14(13)20(22)23)9-15(21)17-8-12-10-24-16(18-12)11-6-7-11/h2-5,10-11H,6-9H2,1H3,(H,17,21). The second-order valence-electron chi connectivity index (χ2n) is 5.83. The molecule has 3 rings (SSSR count). The van der Waals surface area contributed by atoms with Crippen LogP contribution in [0.15, 0.2) is 29.6 Å². The second kappa shape index (κ2) is 6.96. The maximum atomic E-state index is 12.1. The molecule has 1 fully saturated rings. The van der Waals surface area contributed by atoms with Gasteiger partial charge in [-0.05, 0) is 18.9 Å². The largest absolute Gasteiger partial charge is 0.360 e. The van der Waals surface area contributed by atoms with E-state index in [1.54, 1.807) is 41.5 Å². The van der Waals surface area contributed by atoms with Crippen molar-refractivity contribution in [1.29, 1.82) is 0 Å². The van der Waals surface area contributed by atoms with Crippen molar-refractivity contribution in [1.82, 2.24) is 10.3 Å². The minimum Gasteiger partial charge on any atom is -0.360 e. The van der Waals surface area contributed by atoms with E-state index in [9.17, 15) is 14.9 Å². The van der Waals surface area contributed by atoms with Crippen LogP contribution in [0.4, 0.5) is 11.4 Å². The summed E-state index contributed by atoms with van der Waals surface area (Å²) in [5.41, 5.74) is 1.27. The van der Waals surface area contributed by atoms with Crippen molar-refractivity contribution in [3.05, 3.63) is 50.5 Å². The molecule has 0 unspecified atom stereocenters. The van der Waals surface area contributed by atoms with Crippen molar-refractivity contribution >= 4 is 28.6 Å². The summed E-state index contributed by atoms with van der Waals surface area (Å²) in [6, 6.07) is 6.38. The molecule has 1 aromatic carbocycles. The number of nitro benzene ring substituents is 1. The Bertz CT molecular complexity index is 757. The van der Waals surface area contributed by atoms with Gasteiger partial charge >= 0.3 is 0 Å². The minimum absolute atomic E-state index is 0.0126. The van der Waals surface area contributed by atoms with E-state index in [0.29, 0.717) is 18.2 Å². The summed E-state index contributed by atoms with van der Waals surface area (Å²) in [7, 11) is 1.66. The monoisotopic (exact) mass is 346 g/mol. The van der Waals surface area contributed by atoms with Gasteiger partial charge in [-0.1, -0.05) is 12.1 Å². The van der Waals surface area contributed by atoms with Gasteiger partial charge in [-0.2, -0.15) is 0 Å². The van der Waals surface area contributed by atoms with Gasteiger partial charge in [-0.25, -0.2) is 4.98 Å². The van der Waals surface area contributed by atoms with E-state index in [1.807, 2.05) is 5.38 Å². The molecule has 1 aromatic heterocycles. The van der Waals surface area contributed by atoms with Crippen LogP contribution < -0.4 is 10.2 Å². The number of amides is 1. The van der Waals surface area contributed by atoms with Crippen LogP contribution in [0.2, 0.25) is 0 Å². The van der Waals surface area contributed by atoms with E-state index in [2.05, 4.69) is 10.3 Å². The van der Waals surface area contributed by atoms with E-state index < -0.39 is 4.92 Å². The van der Waals surface area contributed by atoms with Gasteiger partial charge in [0.1, 0.15) is 5.69 Å². The number of likely N-dealkylation sites (N-methyl/N-ethyl adjacent to an activating group) is 1. The number of benzene rings is 1. The minimum atomic E-state index is -0.446. The molecule has 0 spiro atoms. The Morgan fingerprint density at radius 3 is 2.92 bits per heavy atom. The molecule has 0 atom stereocenters. The highest BCUT2D eigenvalue weighted by atomic mass is 32.1. The summed E-state index contributed by atoms with van der Waals surface area (Å²) >= 11 is 1.64. The number of hydrogen-bond donors (Lipinski definition) is 1. The quantitative estimate of drug-likeness (QED) is 0.615. The Kier molecular flexibility index (Phi) is 4.75. The number of nitrogens with zero attached hydrogens (tertiary/aromatic N) is 3. The van der Waals surface area contributed by atoms with Crippen molar-refractivity contribution in [2.24, 2.45) is 0 Å². The summed E-state index contributed by atoms with van der Waals surface area (Å²) in [6.45, 7) is 0.428. The topological polar surface area (TPSA) is 88.4 Å². The number of anilines is 1. The molecule has 1 heterocycles. The SMILES string of the molecule is CN(CC(=O)NCc1csc(C2CC2)n1)c1ccccc1[N+](=O)[O-]. The lowest BCUT2D eigenvalue weighted by molar-refractivity contribution is -0.384. The van der Waals surface area contributed by atoms with Crippen LogP contribution in [-0.2, 0) is 11.3 Å². The first-order valence-corrected chi connectivity index (χ1v) is 8.58. The first kappa shape index (κ1) is 16.4. The molecule has 126 valence electrons. The number of nitrogens with one attached hydrogen (secondary N) is 1. The molecular formula is C16H18N4O3S. The van der Waals surface area contributed by atoms with Crippen LogP contribution >= 0.6 is 11.3 Å². The summed E-state index contributed by atoms with van der Waals surface area (Å²) in [5, 5.41) is 17.0. The molecule has 1 aliphatic carbocycles. The molecule has 0 radical (unpaired) electrons. The summed E-state index contributed by atoms with van der Waals surface area (Å²) in [6.07, 6.45) is 2.42.